The van der Waals surface area contributed by atoms with E-state index in [0.29, 0.717) is 19.4 Å². The molecule has 0 bridgehead atoms. The van der Waals surface area contributed by atoms with Crippen LogP contribution in [0.2, 0.25) is 0 Å². The van der Waals surface area contributed by atoms with E-state index in [-0.39, 0.29) is 30.3 Å². The van der Waals surface area contributed by atoms with Crippen LogP contribution in [-0.2, 0) is 9.59 Å². The largest absolute Gasteiger partial charge is 0.494 e. The predicted octanol–water partition coefficient (Wildman–Crippen LogP) is 1.87. The molecule has 21 heavy (non-hydrogen) atoms. The summed E-state index contributed by atoms with van der Waals surface area (Å²) < 4.78 is 5.38. The molecule has 2 amide bonds. The van der Waals surface area contributed by atoms with E-state index in [2.05, 4.69) is 0 Å². The summed E-state index contributed by atoms with van der Waals surface area (Å²) in [5.74, 6) is 0.663. The number of amides is 2. The van der Waals surface area contributed by atoms with Gasteiger partial charge in [0.15, 0.2) is 0 Å². The van der Waals surface area contributed by atoms with Crippen LogP contribution in [0.1, 0.15) is 38.3 Å². The topological polar surface area (TPSA) is 72.6 Å². The van der Waals surface area contributed by atoms with Gasteiger partial charge in [-0.25, -0.2) is 0 Å². The minimum Gasteiger partial charge on any atom is -0.494 e. The minimum atomic E-state index is -0.373. The Labute approximate surface area is 125 Å². The highest BCUT2D eigenvalue weighted by Gasteiger charge is 2.31. The Morgan fingerprint density at radius 3 is 2.33 bits per heavy atom. The molecular weight excluding hydrogens is 268 g/mol. The molecule has 2 rings (SSSR count). The summed E-state index contributed by atoms with van der Waals surface area (Å²) in [5.41, 5.74) is 7.01. The van der Waals surface area contributed by atoms with Crippen molar-refractivity contribution in [2.75, 3.05) is 13.2 Å². The molecule has 1 saturated heterocycles. The van der Waals surface area contributed by atoms with Crippen molar-refractivity contribution in [3.63, 3.8) is 0 Å². The number of likely N-dealkylation sites (tertiary alicyclic amines) is 1. The van der Waals surface area contributed by atoms with Crippen LogP contribution >= 0.6 is 0 Å². The second kappa shape index (κ2) is 6.72. The predicted molar refractivity (Wildman–Crippen MR) is 79.7 cm³/mol. The number of rotatable bonds is 5. The molecule has 5 nitrogen and oxygen atoms in total. The zero-order valence-corrected chi connectivity index (χ0v) is 12.5. The summed E-state index contributed by atoms with van der Waals surface area (Å²) in [6.45, 7) is 4.69. The molecule has 1 aromatic carbocycles. The van der Waals surface area contributed by atoms with E-state index in [4.69, 9.17) is 10.5 Å². The second-order valence-electron chi connectivity index (χ2n) is 5.52. The number of carbonyl (C=O) groups excluding carboxylic acids is 2. The molecule has 1 aliphatic rings. The molecule has 5 heteroatoms. The fourth-order valence-electron chi connectivity index (χ4n) is 2.51. The molecule has 0 spiro atoms. The minimum absolute atomic E-state index is 0.125. The summed E-state index contributed by atoms with van der Waals surface area (Å²) in [4.78, 5) is 25.2. The molecule has 0 aliphatic carbocycles. The zero-order chi connectivity index (χ0) is 15.4. The molecule has 114 valence electrons. The second-order valence-corrected chi connectivity index (χ2v) is 5.52. The molecule has 1 heterocycles. The quantitative estimate of drug-likeness (QED) is 0.840. The zero-order valence-electron chi connectivity index (χ0n) is 12.5. The maximum atomic E-state index is 12.0. The van der Waals surface area contributed by atoms with Gasteiger partial charge in [0.05, 0.1) is 6.61 Å². The van der Waals surface area contributed by atoms with Gasteiger partial charge in [-0.05, 0) is 30.5 Å². The van der Waals surface area contributed by atoms with Gasteiger partial charge in [0.25, 0.3) is 0 Å². The molecule has 0 aromatic heterocycles. The molecule has 0 radical (unpaired) electrons. The Hall–Kier alpha value is -1.88. The van der Waals surface area contributed by atoms with Crippen molar-refractivity contribution < 1.29 is 14.3 Å². The van der Waals surface area contributed by atoms with Gasteiger partial charge < -0.3 is 10.5 Å². The van der Waals surface area contributed by atoms with Gasteiger partial charge in [-0.2, -0.15) is 0 Å². The molecule has 2 N–H and O–H groups in total. The molecule has 0 saturated carbocycles. The normalized spacial score (nSPS) is 18.0. The maximum absolute atomic E-state index is 12.0. The van der Waals surface area contributed by atoms with Crippen molar-refractivity contribution in [1.82, 2.24) is 4.90 Å². The van der Waals surface area contributed by atoms with Crippen LogP contribution in [0.5, 0.6) is 5.75 Å². The van der Waals surface area contributed by atoms with E-state index < -0.39 is 0 Å². The maximum Gasteiger partial charge on any atom is 0.229 e. The summed E-state index contributed by atoms with van der Waals surface area (Å²) in [6.07, 6.45) is 0.837. The van der Waals surface area contributed by atoms with Crippen molar-refractivity contribution in [2.24, 2.45) is 11.7 Å². The van der Waals surface area contributed by atoms with E-state index >= 15 is 0 Å². The molecule has 1 unspecified atom stereocenters. The molecule has 1 aliphatic heterocycles. The number of imide groups is 1. The summed E-state index contributed by atoms with van der Waals surface area (Å²) >= 11 is 0. The number of nitrogens with two attached hydrogens (primary N) is 1. The third-order valence-electron chi connectivity index (χ3n) is 3.65. The fourth-order valence-corrected chi connectivity index (χ4v) is 2.51. The van der Waals surface area contributed by atoms with Crippen LogP contribution in [-0.4, -0.2) is 29.9 Å². The first kappa shape index (κ1) is 15.5. The lowest BCUT2D eigenvalue weighted by Crippen LogP contribution is -2.45. The Bertz CT molecular complexity index is 495. The third-order valence-corrected chi connectivity index (χ3v) is 3.65. The van der Waals surface area contributed by atoms with Crippen molar-refractivity contribution in [2.45, 2.75) is 32.7 Å². The van der Waals surface area contributed by atoms with Crippen LogP contribution in [0.3, 0.4) is 0 Å². The molecule has 1 fully saturated rings. The van der Waals surface area contributed by atoms with Crippen LogP contribution in [0.4, 0.5) is 0 Å². The summed E-state index contributed by atoms with van der Waals surface area (Å²) in [6, 6.07) is 7.07. The number of nitrogens with zero attached hydrogens (tertiary/aromatic N) is 1. The third kappa shape index (κ3) is 3.82. The first-order valence-electron chi connectivity index (χ1n) is 7.32. The van der Waals surface area contributed by atoms with Gasteiger partial charge in [-0.1, -0.05) is 19.1 Å². The number of benzene rings is 1. The number of ether oxygens (including phenoxy) is 1. The van der Waals surface area contributed by atoms with Gasteiger partial charge in [0.2, 0.25) is 11.8 Å². The van der Waals surface area contributed by atoms with Gasteiger partial charge >= 0.3 is 0 Å². The van der Waals surface area contributed by atoms with E-state index in [9.17, 15) is 9.59 Å². The fraction of sp³-hybridized carbons (Fsp3) is 0.500. The van der Waals surface area contributed by atoms with E-state index in [1.165, 1.54) is 4.90 Å². The Kier molecular flexibility index (Phi) is 4.96. The molecular formula is C16H22N2O3. The SMILES string of the molecule is CCOc1ccc(C(N)CN2C(=O)CC(C)CC2=O)cc1. The highest BCUT2D eigenvalue weighted by molar-refractivity contribution is 5.97. The van der Waals surface area contributed by atoms with Gasteiger partial charge in [-0.3, -0.25) is 14.5 Å². The first-order chi connectivity index (χ1) is 10.0. The van der Waals surface area contributed by atoms with Crippen molar-refractivity contribution >= 4 is 11.8 Å². The number of piperidine rings is 1. The monoisotopic (exact) mass is 290 g/mol. The van der Waals surface area contributed by atoms with Crippen LogP contribution in [0, 0.1) is 5.92 Å². The van der Waals surface area contributed by atoms with Crippen LogP contribution < -0.4 is 10.5 Å². The smallest absolute Gasteiger partial charge is 0.229 e. The van der Waals surface area contributed by atoms with E-state index in [1.54, 1.807) is 0 Å². The van der Waals surface area contributed by atoms with E-state index in [0.717, 1.165) is 11.3 Å². The van der Waals surface area contributed by atoms with E-state index in [1.807, 2.05) is 38.1 Å². The first-order valence-corrected chi connectivity index (χ1v) is 7.32. The standard InChI is InChI=1S/C16H22N2O3/c1-3-21-13-6-4-12(5-7-13)14(17)10-18-15(19)8-11(2)9-16(18)20/h4-7,11,14H,3,8-10,17H2,1-2H3. The van der Waals surface area contributed by atoms with Gasteiger partial charge in [0, 0.05) is 25.4 Å². The summed E-state index contributed by atoms with van der Waals surface area (Å²) in [7, 11) is 0. The average Bonchev–Trinajstić information content (AvgIpc) is 2.43. The lowest BCUT2D eigenvalue weighted by atomic mass is 9.96. The Morgan fingerprint density at radius 1 is 1.24 bits per heavy atom. The van der Waals surface area contributed by atoms with Gasteiger partial charge in [0.1, 0.15) is 5.75 Å². The molecule has 1 aromatic rings. The number of carbonyl (C=O) groups is 2. The average molecular weight is 290 g/mol. The molecule has 1 atom stereocenters. The number of hydrogen-bond donors (Lipinski definition) is 1. The summed E-state index contributed by atoms with van der Waals surface area (Å²) in [5, 5.41) is 0. The number of hydrogen-bond acceptors (Lipinski definition) is 4. The lowest BCUT2D eigenvalue weighted by Gasteiger charge is -2.30. The van der Waals surface area contributed by atoms with Gasteiger partial charge in [-0.15, -0.1) is 0 Å². The van der Waals surface area contributed by atoms with Crippen LogP contribution in [0.25, 0.3) is 0 Å². The Balaban J connectivity index is 2.01. The van der Waals surface area contributed by atoms with Crippen LogP contribution in [0.15, 0.2) is 24.3 Å². The Morgan fingerprint density at radius 2 is 1.81 bits per heavy atom. The highest BCUT2D eigenvalue weighted by Crippen LogP contribution is 2.22. The highest BCUT2D eigenvalue weighted by atomic mass is 16.5. The lowest BCUT2D eigenvalue weighted by molar-refractivity contribution is -0.150. The van der Waals surface area contributed by atoms with Crippen molar-refractivity contribution in [1.29, 1.82) is 0 Å². The van der Waals surface area contributed by atoms with Crippen molar-refractivity contribution in [3.8, 4) is 5.75 Å². The van der Waals surface area contributed by atoms with Crippen molar-refractivity contribution in [3.05, 3.63) is 29.8 Å².